The minimum absolute atomic E-state index is 0.147. The molecule has 2 aromatic heterocycles. The summed E-state index contributed by atoms with van der Waals surface area (Å²) >= 11 is 1.89. The zero-order valence-electron chi connectivity index (χ0n) is 23.9. The molecule has 3 aromatic rings. The van der Waals surface area contributed by atoms with Crippen molar-refractivity contribution >= 4 is 17.3 Å². The quantitative estimate of drug-likeness (QED) is 0.303. The number of carbonyl (C=O) groups is 1. The van der Waals surface area contributed by atoms with E-state index in [9.17, 15) is 14.3 Å². The van der Waals surface area contributed by atoms with Crippen LogP contribution in [0.3, 0.4) is 0 Å². The van der Waals surface area contributed by atoms with Crippen LogP contribution in [0, 0.1) is 17.7 Å². The number of aryl methyl sites for hydroxylation is 1. The summed E-state index contributed by atoms with van der Waals surface area (Å²) in [6, 6.07) is 10.7. The molecule has 1 aliphatic carbocycles. The molecule has 6 rings (SSSR count). The number of halogens is 1. The number of pyridine rings is 1. The molecule has 218 valence electrons. The van der Waals surface area contributed by atoms with Crippen molar-refractivity contribution < 1.29 is 14.3 Å². The van der Waals surface area contributed by atoms with Gasteiger partial charge in [0, 0.05) is 49.2 Å². The Morgan fingerprint density at radius 2 is 1.90 bits per heavy atom. The van der Waals surface area contributed by atoms with Crippen LogP contribution in [0.1, 0.15) is 77.6 Å². The Hall–Kier alpha value is -2.68. The Morgan fingerprint density at radius 3 is 2.59 bits per heavy atom. The van der Waals surface area contributed by atoms with Gasteiger partial charge in [0.1, 0.15) is 11.9 Å². The zero-order valence-corrected chi connectivity index (χ0v) is 24.7. The number of aromatic nitrogens is 2. The number of aliphatic carboxylic acids is 1. The second-order valence-corrected chi connectivity index (χ2v) is 13.4. The van der Waals surface area contributed by atoms with Crippen molar-refractivity contribution in [2.24, 2.45) is 11.8 Å². The molecule has 8 heteroatoms. The van der Waals surface area contributed by atoms with E-state index < -0.39 is 12.0 Å². The van der Waals surface area contributed by atoms with Crippen LogP contribution in [0.2, 0.25) is 0 Å². The van der Waals surface area contributed by atoms with Crippen molar-refractivity contribution in [2.75, 3.05) is 32.7 Å². The fourth-order valence-electron chi connectivity index (χ4n) is 6.98. The number of rotatable bonds is 11. The van der Waals surface area contributed by atoms with E-state index in [0.29, 0.717) is 18.4 Å². The molecular weight excluding hydrogens is 535 g/mol. The maximum atomic E-state index is 14.2. The van der Waals surface area contributed by atoms with Gasteiger partial charge in [-0.05, 0) is 91.9 Å². The van der Waals surface area contributed by atoms with E-state index in [1.54, 1.807) is 12.1 Å². The molecule has 3 atom stereocenters. The molecule has 1 aromatic carbocycles. The van der Waals surface area contributed by atoms with Gasteiger partial charge >= 0.3 is 5.97 Å². The largest absolute Gasteiger partial charge is 0.480 e. The molecule has 0 radical (unpaired) electrons. The molecule has 1 saturated carbocycles. The molecule has 2 aliphatic heterocycles. The van der Waals surface area contributed by atoms with E-state index in [1.807, 2.05) is 29.8 Å². The second-order valence-electron chi connectivity index (χ2n) is 12.3. The Morgan fingerprint density at radius 1 is 1.12 bits per heavy atom. The Bertz CT molecular complexity index is 1320. The Balaban J connectivity index is 1.12. The number of carboxylic acid groups (broad SMARTS) is 1. The molecule has 41 heavy (non-hydrogen) atoms. The lowest BCUT2D eigenvalue weighted by Gasteiger charge is -2.34. The first-order chi connectivity index (χ1) is 20.0. The topological polar surface area (TPSA) is 69.6 Å². The van der Waals surface area contributed by atoms with E-state index in [1.165, 1.54) is 27.2 Å². The number of hydrogen-bond donors (Lipinski definition) is 1. The average Bonchev–Trinajstić information content (AvgIpc) is 3.57. The van der Waals surface area contributed by atoms with Gasteiger partial charge in [0.05, 0.1) is 10.7 Å². The lowest BCUT2D eigenvalue weighted by Crippen LogP contribution is -2.41. The molecule has 4 heterocycles. The molecule has 0 bridgehead atoms. The fraction of sp³-hybridized carbons (Fsp3) is 0.545. The van der Waals surface area contributed by atoms with Gasteiger partial charge < -0.3 is 10.0 Å². The first-order valence-electron chi connectivity index (χ1n) is 15.3. The van der Waals surface area contributed by atoms with Crippen LogP contribution in [-0.2, 0) is 17.6 Å². The van der Waals surface area contributed by atoms with E-state index in [4.69, 9.17) is 4.98 Å². The van der Waals surface area contributed by atoms with E-state index >= 15 is 0 Å². The van der Waals surface area contributed by atoms with E-state index in [-0.39, 0.29) is 17.7 Å². The summed E-state index contributed by atoms with van der Waals surface area (Å²) < 4.78 is 14.2. The van der Waals surface area contributed by atoms with Gasteiger partial charge in [0.15, 0.2) is 0 Å². The van der Waals surface area contributed by atoms with Gasteiger partial charge in [-0.15, -0.1) is 11.3 Å². The van der Waals surface area contributed by atoms with Gasteiger partial charge in [-0.2, -0.15) is 0 Å². The molecule has 0 spiro atoms. The monoisotopic (exact) mass is 576 g/mol. The third kappa shape index (κ3) is 6.87. The SMILES string of the molecule is CCc1nc(Cc2ccncc2)sc1C1CCN(C[C@H]2CN([C@H](CC3CC3)C(=O)O)C[C@@H]2c2cccc(F)c2)CC1. The van der Waals surface area contributed by atoms with Crippen LogP contribution in [-0.4, -0.2) is 69.6 Å². The third-order valence-corrected chi connectivity index (χ3v) is 10.6. The summed E-state index contributed by atoms with van der Waals surface area (Å²) in [5, 5.41) is 11.3. The highest BCUT2D eigenvalue weighted by molar-refractivity contribution is 7.11. The molecule has 3 aliphatic rings. The maximum absolute atomic E-state index is 14.2. The minimum atomic E-state index is -0.712. The molecule has 0 amide bonds. The standard InChI is InChI=1S/C33H41FN4O2S/c1-2-29-32(41-31(36-29)17-23-8-12-35-13-9-23)24-10-14-37(15-11-24)19-26-20-38(30(33(39)40)16-22-6-7-22)21-28(26)25-4-3-5-27(34)18-25/h3-5,8-9,12-13,18,22,24,26,28,30H,2,6-7,10-11,14-17,19-21H2,1H3,(H,39,40)/t26-,28+,30+/m0/s1. The van der Waals surface area contributed by atoms with Gasteiger partial charge in [0.2, 0.25) is 0 Å². The summed E-state index contributed by atoms with van der Waals surface area (Å²) in [6.45, 7) is 6.64. The molecular formula is C33H41FN4O2S. The lowest BCUT2D eigenvalue weighted by molar-refractivity contribution is -0.143. The summed E-state index contributed by atoms with van der Waals surface area (Å²) in [5.41, 5.74) is 3.51. The first-order valence-corrected chi connectivity index (χ1v) is 16.1. The summed E-state index contributed by atoms with van der Waals surface area (Å²) in [7, 11) is 0. The third-order valence-electron chi connectivity index (χ3n) is 9.39. The van der Waals surface area contributed by atoms with Crippen molar-refractivity contribution in [1.29, 1.82) is 0 Å². The van der Waals surface area contributed by atoms with Gasteiger partial charge in [-0.3, -0.25) is 14.7 Å². The normalized spacial score (nSPS) is 23.2. The molecule has 3 fully saturated rings. The maximum Gasteiger partial charge on any atom is 0.320 e. The van der Waals surface area contributed by atoms with E-state index in [0.717, 1.165) is 76.7 Å². The smallest absolute Gasteiger partial charge is 0.320 e. The molecule has 2 saturated heterocycles. The average molecular weight is 577 g/mol. The Kier molecular flexibility index (Phi) is 8.79. The van der Waals surface area contributed by atoms with Gasteiger partial charge in [-0.1, -0.05) is 31.9 Å². The fourth-order valence-corrected chi connectivity index (χ4v) is 8.34. The van der Waals surface area contributed by atoms with Crippen LogP contribution in [0.5, 0.6) is 0 Å². The number of likely N-dealkylation sites (tertiary alicyclic amines) is 2. The number of thiazole rings is 1. The van der Waals surface area contributed by atoms with Crippen LogP contribution < -0.4 is 0 Å². The highest BCUT2D eigenvalue weighted by Gasteiger charge is 2.42. The van der Waals surface area contributed by atoms with Crippen molar-refractivity contribution in [2.45, 2.75) is 69.7 Å². The first kappa shape index (κ1) is 28.4. The predicted molar refractivity (Wildman–Crippen MR) is 160 cm³/mol. The van der Waals surface area contributed by atoms with Crippen LogP contribution >= 0.6 is 11.3 Å². The minimum Gasteiger partial charge on any atom is -0.480 e. The van der Waals surface area contributed by atoms with Gasteiger partial charge in [-0.25, -0.2) is 9.37 Å². The lowest BCUT2D eigenvalue weighted by atomic mass is 9.87. The number of hydrogen-bond acceptors (Lipinski definition) is 6. The number of piperidine rings is 1. The number of carboxylic acids is 1. The van der Waals surface area contributed by atoms with Crippen LogP contribution in [0.25, 0.3) is 0 Å². The zero-order chi connectivity index (χ0) is 28.3. The second kappa shape index (κ2) is 12.7. The predicted octanol–water partition coefficient (Wildman–Crippen LogP) is 5.98. The molecule has 0 unspecified atom stereocenters. The van der Waals surface area contributed by atoms with E-state index in [2.05, 4.69) is 33.8 Å². The summed E-state index contributed by atoms with van der Waals surface area (Å²) in [4.78, 5) is 27.6. The van der Waals surface area contributed by atoms with Crippen molar-refractivity contribution in [3.63, 3.8) is 0 Å². The highest BCUT2D eigenvalue weighted by atomic mass is 32.1. The Labute approximate surface area is 246 Å². The molecule has 1 N–H and O–H groups in total. The number of nitrogens with zero attached hydrogens (tertiary/aromatic N) is 4. The van der Waals surface area contributed by atoms with Gasteiger partial charge in [0.25, 0.3) is 0 Å². The molecule has 6 nitrogen and oxygen atoms in total. The van der Waals surface area contributed by atoms with Crippen molar-refractivity contribution in [3.05, 3.63) is 81.3 Å². The number of benzene rings is 1. The van der Waals surface area contributed by atoms with Crippen molar-refractivity contribution in [3.8, 4) is 0 Å². The summed E-state index contributed by atoms with van der Waals surface area (Å²) in [5.74, 6) is 0.596. The highest BCUT2D eigenvalue weighted by Crippen LogP contribution is 2.41. The van der Waals surface area contributed by atoms with Crippen LogP contribution in [0.4, 0.5) is 4.39 Å². The van der Waals surface area contributed by atoms with Crippen LogP contribution in [0.15, 0.2) is 48.8 Å². The van der Waals surface area contributed by atoms with Crippen molar-refractivity contribution in [1.82, 2.24) is 19.8 Å². The summed E-state index contributed by atoms with van der Waals surface area (Å²) in [6.07, 6.45) is 10.8.